The Labute approximate surface area is 149 Å². The summed E-state index contributed by atoms with van der Waals surface area (Å²) in [6.07, 6.45) is 2.61. The molecule has 1 aliphatic rings. The molecule has 0 atom stereocenters. The van der Waals surface area contributed by atoms with E-state index in [1.807, 2.05) is 31.2 Å². The summed E-state index contributed by atoms with van der Waals surface area (Å²) in [6.45, 7) is 3.72. The van der Waals surface area contributed by atoms with Gasteiger partial charge in [0.05, 0.1) is 5.75 Å². The van der Waals surface area contributed by atoms with E-state index >= 15 is 0 Å². The average molecular weight is 373 g/mol. The van der Waals surface area contributed by atoms with Gasteiger partial charge in [-0.05, 0) is 30.5 Å². The Kier molecular flexibility index (Phi) is 7.07. The minimum absolute atomic E-state index is 0.0700. The quantitative estimate of drug-likeness (QED) is 0.739. The standard InChI is InChI=1S/C17H25ClN2O3S/c1-2-3-13-24(22,23)20-11-9-19(10-12-20)17(21)8-7-15-5-4-6-16(18)14-15/h4-6,14H,2-3,7-13H2,1H3. The third-order valence-electron chi connectivity index (χ3n) is 4.26. The zero-order chi connectivity index (χ0) is 17.6. The van der Waals surface area contributed by atoms with Gasteiger partial charge in [-0.25, -0.2) is 8.42 Å². The fraction of sp³-hybridized carbons (Fsp3) is 0.588. The van der Waals surface area contributed by atoms with E-state index in [0.29, 0.717) is 50.5 Å². The minimum Gasteiger partial charge on any atom is -0.340 e. The summed E-state index contributed by atoms with van der Waals surface area (Å²) in [5.41, 5.74) is 1.04. The van der Waals surface area contributed by atoms with Crippen molar-refractivity contribution in [3.05, 3.63) is 34.9 Å². The Hall–Kier alpha value is -1.11. The summed E-state index contributed by atoms with van der Waals surface area (Å²) in [6, 6.07) is 7.51. The maximum atomic E-state index is 12.3. The van der Waals surface area contributed by atoms with Gasteiger partial charge in [0.2, 0.25) is 15.9 Å². The monoisotopic (exact) mass is 372 g/mol. The Morgan fingerprint density at radius 2 is 1.92 bits per heavy atom. The second-order valence-corrected chi connectivity index (χ2v) is 8.60. The lowest BCUT2D eigenvalue weighted by atomic mass is 10.1. The molecule has 0 spiro atoms. The molecule has 134 valence electrons. The maximum absolute atomic E-state index is 12.3. The largest absolute Gasteiger partial charge is 0.340 e. The van der Waals surface area contributed by atoms with Crippen molar-refractivity contribution in [2.24, 2.45) is 0 Å². The van der Waals surface area contributed by atoms with Crippen LogP contribution in [0.15, 0.2) is 24.3 Å². The first-order chi connectivity index (χ1) is 11.4. The Morgan fingerprint density at radius 3 is 2.54 bits per heavy atom. The summed E-state index contributed by atoms with van der Waals surface area (Å²) in [5, 5.41) is 0.672. The van der Waals surface area contributed by atoms with Crippen LogP contribution < -0.4 is 0 Å². The van der Waals surface area contributed by atoms with Crippen LogP contribution in [0.2, 0.25) is 5.02 Å². The van der Waals surface area contributed by atoms with Gasteiger partial charge in [0.1, 0.15) is 0 Å². The predicted molar refractivity (Wildman–Crippen MR) is 96.6 cm³/mol. The Bertz CT molecular complexity index is 656. The highest BCUT2D eigenvalue weighted by Gasteiger charge is 2.28. The molecule has 0 aliphatic carbocycles. The van der Waals surface area contributed by atoms with Crippen LogP contribution in [0.1, 0.15) is 31.7 Å². The molecule has 1 fully saturated rings. The average Bonchev–Trinajstić information content (AvgIpc) is 2.58. The number of amides is 1. The number of rotatable bonds is 7. The number of carbonyl (C=O) groups excluding carboxylic acids is 1. The first-order valence-electron chi connectivity index (χ1n) is 8.42. The molecule has 5 nitrogen and oxygen atoms in total. The second kappa shape index (κ2) is 8.83. The molecule has 2 rings (SSSR count). The number of benzene rings is 1. The first-order valence-corrected chi connectivity index (χ1v) is 10.4. The van der Waals surface area contributed by atoms with Crippen LogP contribution in [0.25, 0.3) is 0 Å². The minimum atomic E-state index is -3.17. The SMILES string of the molecule is CCCCS(=O)(=O)N1CCN(C(=O)CCc2cccc(Cl)c2)CC1. The summed E-state index contributed by atoms with van der Waals surface area (Å²) < 4.78 is 25.9. The van der Waals surface area contributed by atoms with Gasteiger partial charge in [-0.1, -0.05) is 37.1 Å². The van der Waals surface area contributed by atoms with E-state index in [4.69, 9.17) is 11.6 Å². The fourth-order valence-corrected chi connectivity index (χ4v) is 4.62. The number of unbranched alkanes of at least 4 members (excludes halogenated alkanes) is 1. The van der Waals surface area contributed by atoms with Crippen molar-refractivity contribution < 1.29 is 13.2 Å². The van der Waals surface area contributed by atoms with Gasteiger partial charge in [0, 0.05) is 37.6 Å². The normalized spacial score (nSPS) is 16.3. The molecule has 1 aromatic rings. The third kappa shape index (κ3) is 5.46. The van der Waals surface area contributed by atoms with Crippen molar-refractivity contribution >= 4 is 27.5 Å². The molecule has 0 radical (unpaired) electrons. The lowest BCUT2D eigenvalue weighted by Crippen LogP contribution is -2.51. The van der Waals surface area contributed by atoms with Crippen molar-refractivity contribution in [2.75, 3.05) is 31.9 Å². The van der Waals surface area contributed by atoms with Crippen molar-refractivity contribution in [2.45, 2.75) is 32.6 Å². The summed E-state index contributed by atoms with van der Waals surface area (Å²) in [7, 11) is -3.17. The number of halogens is 1. The van der Waals surface area contributed by atoms with Crippen LogP contribution in [-0.4, -0.2) is 55.5 Å². The lowest BCUT2D eigenvalue weighted by molar-refractivity contribution is -0.132. The highest BCUT2D eigenvalue weighted by atomic mass is 35.5. The number of hydrogen-bond acceptors (Lipinski definition) is 3. The molecule has 1 heterocycles. The van der Waals surface area contributed by atoms with Gasteiger partial charge >= 0.3 is 0 Å². The molecular formula is C17H25ClN2O3S. The Balaban J connectivity index is 1.80. The highest BCUT2D eigenvalue weighted by Crippen LogP contribution is 2.14. The van der Waals surface area contributed by atoms with Crippen molar-refractivity contribution in [1.82, 2.24) is 9.21 Å². The number of carbonyl (C=O) groups is 1. The summed E-state index contributed by atoms with van der Waals surface area (Å²) in [4.78, 5) is 14.1. The predicted octanol–water partition coefficient (Wildman–Crippen LogP) is 2.55. The topological polar surface area (TPSA) is 57.7 Å². The van der Waals surface area contributed by atoms with Gasteiger partial charge in [0.25, 0.3) is 0 Å². The molecule has 0 aromatic heterocycles. The number of hydrogen-bond donors (Lipinski definition) is 0. The second-order valence-electron chi connectivity index (χ2n) is 6.08. The van der Waals surface area contributed by atoms with Crippen LogP contribution in [0, 0.1) is 0 Å². The number of nitrogens with zero attached hydrogens (tertiary/aromatic N) is 2. The van der Waals surface area contributed by atoms with Crippen molar-refractivity contribution in [1.29, 1.82) is 0 Å². The van der Waals surface area contributed by atoms with E-state index in [1.165, 1.54) is 4.31 Å². The van der Waals surface area contributed by atoms with Crippen molar-refractivity contribution in [3.63, 3.8) is 0 Å². The Morgan fingerprint density at radius 1 is 1.21 bits per heavy atom. The molecule has 0 bridgehead atoms. The van der Waals surface area contributed by atoms with Crippen molar-refractivity contribution in [3.8, 4) is 0 Å². The van der Waals surface area contributed by atoms with E-state index in [1.54, 1.807) is 4.90 Å². The van der Waals surface area contributed by atoms with Crippen LogP contribution in [0.5, 0.6) is 0 Å². The fourth-order valence-electron chi connectivity index (χ4n) is 2.77. The summed E-state index contributed by atoms with van der Waals surface area (Å²) >= 11 is 5.95. The molecule has 0 N–H and O–H groups in total. The maximum Gasteiger partial charge on any atom is 0.222 e. The number of aryl methyl sites for hydroxylation is 1. The number of sulfonamides is 1. The molecule has 7 heteroatoms. The van der Waals surface area contributed by atoms with E-state index < -0.39 is 10.0 Å². The zero-order valence-electron chi connectivity index (χ0n) is 14.1. The molecule has 0 saturated carbocycles. The molecule has 24 heavy (non-hydrogen) atoms. The van der Waals surface area contributed by atoms with Gasteiger partial charge in [-0.15, -0.1) is 0 Å². The molecule has 1 aromatic carbocycles. The van der Waals surface area contributed by atoms with Crippen LogP contribution in [-0.2, 0) is 21.2 Å². The smallest absolute Gasteiger partial charge is 0.222 e. The number of piperazine rings is 1. The van der Waals surface area contributed by atoms with Crippen LogP contribution in [0.4, 0.5) is 0 Å². The van der Waals surface area contributed by atoms with E-state index in [-0.39, 0.29) is 11.7 Å². The van der Waals surface area contributed by atoms with Gasteiger partial charge in [-0.3, -0.25) is 4.79 Å². The van der Waals surface area contributed by atoms with Crippen LogP contribution >= 0.6 is 11.6 Å². The molecule has 0 unspecified atom stereocenters. The lowest BCUT2D eigenvalue weighted by Gasteiger charge is -2.34. The summed E-state index contributed by atoms with van der Waals surface area (Å²) in [5.74, 6) is 0.271. The molecular weight excluding hydrogens is 348 g/mol. The third-order valence-corrected chi connectivity index (χ3v) is 6.45. The van der Waals surface area contributed by atoms with Gasteiger partial charge in [0.15, 0.2) is 0 Å². The molecule has 1 amide bonds. The zero-order valence-corrected chi connectivity index (χ0v) is 15.7. The van der Waals surface area contributed by atoms with Gasteiger partial charge in [-0.2, -0.15) is 4.31 Å². The molecule has 1 saturated heterocycles. The van der Waals surface area contributed by atoms with E-state index in [2.05, 4.69) is 0 Å². The molecule has 1 aliphatic heterocycles. The van der Waals surface area contributed by atoms with E-state index in [0.717, 1.165) is 12.0 Å². The van der Waals surface area contributed by atoms with E-state index in [9.17, 15) is 13.2 Å². The highest BCUT2D eigenvalue weighted by molar-refractivity contribution is 7.89. The van der Waals surface area contributed by atoms with Crippen LogP contribution in [0.3, 0.4) is 0 Å². The van der Waals surface area contributed by atoms with Gasteiger partial charge < -0.3 is 4.90 Å². The first kappa shape index (κ1) is 19.2.